The molecule has 0 aromatic heterocycles. The van der Waals surface area contributed by atoms with Crippen LogP contribution in [0.5, 0.6) is 5.75 Å². The third kappa shape index (κ3) is 3.16. The number of halogens is 3. The van der Waals surface area contributed by atoms with E-state index in [1.807, 2.05) is 13.8 Å². The zero-order chi connectivity index (χ0) is 16.1. The van der Waals surface area contributed by atoms with E-state index in [4.69, 9.17) is 4.74 Å². The van der Waals surface area contributed by atoms with E-state index < -0.39 is 23.2 Å². The Morgan fingerprint density at radius 2 is 1.81 bits per heavy atom. The maximum Gasteiger partial charge on any atom is 0.573 e. The second-order valence-corrected chi connectivity index (χ2v) is 6.48. The molecule has 1 aromatic rings. The van der Waals surface area contributed by atoms with Crippen molar-refractivity contribution >= 4 is 0 Å². The molecule has 0 saturated carbocycles. The molecule has 0 bridgehead atoms. The molecule has 1 heterocycles. The Hall–Kier alpha value is -1.27. The van der Waals surface area contributed by atoms with Crippen LogP contribution < -0.4 is 4.74 Å². The molecule has 0 radical (unpaired) electrons. The SMILES string of the molecule is CC1(C)CC(O)(c2cccc(OC(F)(F)F)c2)C(C)(C)O1. The lowest BCUT2D eigenvalue weighted by atomic mass is 9.77. The number of ether oxygens (including phenoxy) is 2. The quantitative estimate of drug-likeness (QED) is 0.904. The van der Waals surface area contributed by atoms with Gasteiger partial charge >= 0.3 is 6.36 Å². The molecule has 3 nitrogen and oxygen atoms in total. The first-order chi connectivity index (χ1) is 9.35. The molecule has 6 heteroatoms. The number of hydrogen-bond acceptors (Lipinski definition) is 3. The molecule has 1 fully saturated rings. The largest absolute Gasteiger partial charge is 0.573 e. The minimum Gasteiger partial charge on any atom is -0.406 e. The van der Waals surface area contributed by atoms with Crippen molar-refractivity contribution in [2.75, 3.05) is 0 Å². The first-order valence-electron chi connectivity index (χ1n) is 6.64. The molecular formula is C15H19F3O3. The van der Waals surface area contributed by atoms with E-state index in [1.165, 1.54) is 18.2 Å². The van der Waals surface area contributed by atoms with Gasteiger partial charge in [-0.3, -0.25) is 0 Å². The molecule has 1 aliphatic heterocycles. The monoisotopic (exact) mass is 304 g/mol. The maximum absolute atomic E-state index is 12.3. The van der Waals surface area contributed by atoms with E-state index >= 15 is 0 Å². The normalized spacial score (nSPS) is 27.6. The van der Waals surface area contributed by atoms with Crippen LogP contribution in [-0.2, 0) is 10.3 Å². The lowest BCUT2D eigenvalue weighted by Crippen LogP contribution is -2.43. The fourth-order valence-corrected chi connectivity index (χ4v) is 3.04. The molecule has 1 N–H and O–H groups in total. The van der Waals surface area contributed by atoms with Crippen LogP contribution in [0.15, 0.2) is 24.3 Å². The van der Waals surface area contributed by atoms with E-state index in [0.717, 1.165) is 0 Å². The van der Waals surface area contributed by atoms with Gasteiger partial charge in [0.15, 0.2) is 0 Å². The van der Waals surface area contributed by atoms with E-state index in [1.54, 1.807) is 19.9 Å². The van der Waals surface area contributed by atoms with Crippen LogP contribution in [-0.4, -0.2) is 22.7 Å². The molecule has 21 heavy (non-hydrogen) atoms. The molecule has 0 aliphatic carbocycles. The van der Waals surface area contributed by atoms with Gasteiger partial charge in [0.05, 0.1) is 11.2 Å². The van der Waals surface area contributed by atoms with Gasteiger partial charge in [-0.05, 0) is 45.4 Å². The summed E-state index contributed by atoms with van der Waals surface area (Å²) in [5, 5.41) is 11.0. The molecule has 1 saturated heterocycles. The summed E-state index contributed by atoms with van der Waals surface area (Å²) in [6.45, 7) is 7.11. The van der Waals surface area contributed by atoms with E-state index in [9.17, 15) is 18.3 Å². The lowest BCUT2D eigenvalue weighted by Gasteiger charge is -2.35. The third-order valence-electron chi connectivity index (χ3n) is 3.75. The number of aliphatic hydroxyl groups is 1. The highest BCUT2D eigenvalue weighted by Gasteiger charge is 2.57. The molecule has 118 valence electrons. The smallest absolute Gasteiger partial charge is 0.406 e. The number of benzene rings is 1. The predicted octanol–water partition coefficient (Wildman–Crippen LogP) is 3.75. The average molecular weight is 304 g/mol. The molecule has 2 rings (SSSR count). The third-order valence-corrected chi connectivity index (χ3v) is 3.75. The summed E-state index contributed by atoms with van der Waals surface area (Å²) in [5.74, 6) is -0.353. The number of hydrogen-bond donors (Lipinski definition) is 1. The zero-order valence-electron chi connectivity index (χ0n) is 12.4. The van der Waals surface area contributed by atoms with Gasteiger partial charge < -0.3 is 14.6 Å². The first kappa shape index (κ1) is 16.1. The first-order valence-corrected chi connectivity index (χ1v) is 6.64. The van der Waals surface area contributed by atoms with E-state index in [-0.39, 0.29) is 12.2 Å². The topological polar surface area (TPSA) is 38.7 Å². The predicted molar refractivity (Wildman–Crippen MR) is 70.9 cm³/mol. The maximum atomic E-state index is 12.3. The Balaban J connectivity index is 2.40. The minimum absolute atomic E-state index is 0.280. The number of alkyl halides is 3. The van der Waals surface area contributed by atoms with Crippen LogP contribution in [0.25, 0.3) is 0 Å². The van der Waals surface area contributed by atoms with Crippen molar-refractivity contribution in [3.05, 3.63) is 29.8 Å². The standard InChI is InChI=1S/C15H19F3O3/c1-12(2)9-14(19,13(3,4)21-12)10-6-5-7-11(8-10)20-15(16,17)18/h5-8,19H,9H2,1-4H3. The Bertz CT molecular complexity index is 537. The highest BCUT2D eigenvalue weighted by molar-refractivity contribution is 5.35. The van der Waals surface area contributed by atoms with Crippen molar-refractivity contribution < 1.29 is 27.8 Å². The van der Waals surface area contributed by atoms with Crippen LogP contribution in [0, 0.1) is 0 Å². The van der Waals surface area contributed by atoms with Crippen molar-refractivity contribution in [1.82, 2.24) is 0 Å². The molecule has 0 amide bonds. The Labute approximate surface area is 121 Å². The van der Waals surface area contributed by atoms with Crippen molar-refractivity contribution in [3.63, 3.8) is 0 Å². The molecule has 1 atom stereocenters. The summed E-state index contributed by atoms with van der Waals surface area (Å²) in [4.78, 5) is 0. The van der Waals surface area contributed by atoms with Crippen LogP contribution in [0.4, 0.5) is 13.2 Å². The molecule has 1 aliphatic rings. The van der Waals surface area contributed by atoms with E-state index in [0.29, 0.717) is 5.56 Å². The van der Waals surface area contributed by atoms with Gasteiger partial charge in [-0.15, -0.1) is 13.2 Å². The van der Waals surface area contributed by atoms with Crippen molar-refractivity contribution in [3.8, 4) is 5.75 Å². The van der Waals surface area contributed by atoms with Gasteiger partial charge in [-0.25, -0.2) is 0 Å². The second-order valence-electron chi connectivity index (χ2n) is 6.48. The summed E-state index contributed by atoms with van der Waals surface area (Å²) in [7, 11) is 0. The van der Waals surface area contributed by atoms with Gasteiger partial charge in [0, 0.05) is 6.42 Å². The van der Waals surface area contributed by atoms with Crippen LogP contribution in [0.2, 0.25) is 0 Å². The van der Waals surface area contributed by atoms with Crippen molar-refractivity contribution in [2.45, 2.75) is 57.3 Å². The highest BCUT2D eigenvalue weighted by Crippen LogP contribution is 2.51. The zero-order valence-corrected chi connectivity index (χ0v) is 12.4. The summed E-state index contributed by atoms with van der Waals surface area (Å²) in [6, 6.07) is 5.42. The Morgan fingerprint density at radius 3 is 2.29 bits per heavy atom. The van der Waals surface area contributed by atoms with Crippen LogP contribution in [0.1, 0.15) is 39.7 Å². The van der Waals surface area contributed by atoms with Crippen LogP contribution in [0.3, 0.4) is 0 Å². The summed E-state index contributed by atoms with van der Waals surface area (Å²) < 4.78 is 46.7. The van der Waals surface area contributed by atoms with Crippen molar-refractivity contribution in [2.24, 2.45) is 0 Å². The molecule has 1 aromatic carbocycles. The van der Waals surface area contributed by atoms with Gasteiger partial charge in [0.1, 0.15) is 11.4 Å². The minimum atomic E-state index is -4.76. The fraction of sp³-hybridized carbons (Fsp3) is 0.600. The summed E-state index contributed by atoms with van der Waals surface area (Å²) in [5.41, 5.74) is -2.53. The highest BCUT2D eigenvalue weighted by atomic mass is 19.4. The number of rotatable bonds is 2. The van der Waals surface area contributed by atoms with Crippen LogP contribution >= 0.6 is 0 Å². The Kier molecular flexibility index (Phi) is 3.54. The molecular weight excluding hydrogens is 285 g/mol. The summed E-state index contributed by atoms with van der Waals surface area (Å²) >= 11 is 0. The summed E-state index contributed by atoms with van der Waals surface area (Å²) in [6.07, 6.45) is -4.48. The van der Waals surface area contributed by atoms with E-state index in [2.05, 4.69) is 4.74 Å². The van der Waals surface area contributed by atoms with Gasteiger partial charge in [0.2, 0.25) is 0 Å². The van der Waals surface area contributed by atoms with Gasteiger partial charge in [-0.1, -0.05) is 12.1 Å². The lowest BCUT2D eigenvalue weighted by molar-refractivity contribution is -0.274. The van der Waals surface area contributed by atoms with Gasteiger partial charge in [0.25, 0.3) is 0 Å². The van der Waals surface area contributed by atoms with Gasteiger partial charge in [-0.2, -0.15) is 0 Å². The Morgan fingerprint density at radius 1 is 1.19 bits per heavy atom. The molecule has 1 unspecified atom stereocenters. The van der Waals surface area contributed by atoms with Crippen molar-refractivity contribution in [1.29, 1.82) is 0 Å². The molecule has 0 spiro atoms. The second kappa shape index (κ2) is 4.61. The average Bonchev–Trinajstić information content (AvgIpc) is 2.41. The fourth-order valence-electron chi connectivity index (χ4n) is 3.04.